The molecule has 0 radical (unpaired) electrons. The van der Waals surface area contributed by atoms with E-state index < -0.39 is 28.2 Å². The number of hydrogen-bond acceptors (Lipinski definition) is 5. The molecule has 0 aliphatic carbocycles. The van der Waals surface area contributed by atoms with Crippen LogP contribution < -0.4 is 10.6 Å². The van der Waals surface area contributed by atoms with Crippen molar-refractivity contribution in [2.45, 2.75) is 35.4 Å². The highest BCUT2D eigenvalue weighted by Crippen LogP contribution is 2.52. The predicted octanol–water partition coefficient (Wildman–Crippen LogP) is 4.00. The number of methoxy groups -OCH3 is 1. The smallest absolute Gasteiger partial charge is 0.350 e. The van der Waals surface area contributed by atoms with Crippen molar-refractivity contribution >= 4 is 45.1 Å². The van der Waals surface area contributed by atoms with Gasteiger partial charge in [-0.2, -0.15) is 15.9 Å². The van der Waals surface area contributed by atoms with Crippen LogP contribution in [-0.4, -0.2) is 65.0 Å². The van der Waals surface area contributed by atoms with Gasteiger partial charge < -0.3 is 14.5 Å². The maximum atomic E-state index is 15.1. The summed E-state index contributed by atoms with van der Waals surface area (Å²) in [6.45, 7) is 7.15. The van der Waals surface area contributed by atoms with Gasteiger partial charge in [-0.25, -0.2) is 13.6 Å². The van der Waals surface area contributed by atoms with Crippen molar-refractivity contribution in [1.82, 2.24) is 14.5 Å². The second kappa shape index (κ2) is 10.1. The number of piperazine rings is 1. The van der Waals surface area contributed by atoms with Gasteiger partial charge in [0.2, 0.25) is 5.91 Å². The second-order valence-electron chi connectivity index (χ2n) is 9.24. The number of carbonyl (C=O) groups excluding carboxylic acids is 1. The van der Waals surface area contributed by atoms with Crippen molar-refractivity contribution in [2.75, 3.05) is 37.4 Å². The van der Waals surface area contributed by atoms with E-state index in [9.17, 15) is 14.0 Å². The number of halogens is 3. The highest BCUT2D eigenvalue weighted by molar-refractivity contribution is 8.17. The van der Waals surface area contributed by atoms with Crippen LogP contribution >= 0.6 is 22.5 Å². The first-order valence-corrected chi connectivity index (χ1v) is 13.8. The van der Waals surface area contributed by atoms with E-state index in [-0.39, 0.29) is 24.6 Å². The Bertz CT molecular complexity index is 1470. The van der Waals surface area contributed by atoms with Gasteiger partial charge in [-0.1, -0.05) is 18.2 Å². The van der Waals surface area contributed by atoms with E-state index >= 15 is 4.39 Å². The normalized spacial score (nSPS) is 22.7. The van der Waals surface area contributed by atoms with Gasteiger partial charge >= 0.3 is 5.69 Å². The summed E-state index contributed by atoms with van der Waals surface area (Å²) in [7, 11) is 0.168. The van der Waals surface area contributed by atoms with Crippen LogP contribution in [0.25, 0.3) is 10.9 Å². The first-order chi connectivity index (χ1) is 17.7. The van der Waals surface area contributed by atoms with Crippen LogP contribution in [0.1, 0.15) is 6.92 Å². The monoisotopic (exact) mass is 548 g/mol. The van der Waals surface area contributed by atoms with E-state index in [2.05, 4.69) is 11.6 Å². The van der Waals surface area contributed by atoms with Crippen molar-refractivity contribution in [2.24, 2.45) is 0 Å². The van der Waals surface area contributed by atoms with Crippen molar-refractivity contribution in [3.63, 3.8) is 0 Å². The molecule has 2 aliphatic rings. The fourth-order valence-corrected chi connectivity index (χ4v) is 8.17. The summed E-state index contributed by atoms with van der Waals surface area (Å²) in [5, 5.41) is 1.10. The molecule has 2 aliphatic heterocycles. The SMILES string of the molecule is C=CC(=O)N1CCN(c2nc(=O)n3c4c(cc(Cl)cc24)[SH](c2ccc(F)cc2F)C[C@@H](OC)C3)[C@@H](C)C1. The van der Waals surface area contributed by atoms with Gasteiger partial charge in [0.15, 0.2) is 0 Å². The fraction of sp³-hybridized carbons (Fsp3) is 0.346. The molecule has 3 aromatic rings. The molecule has 1 saturated heterocycles. The lowest BCUT2D eigenvalue weighted by atomic mass is 10.1. The van der Waals surface area contributed by atoms with Crippen molar-refractivity contribution < 1.29 is 18.3 Å². The summed E-state index contributed by atoms with van der Waals surface area (Å²) in [5.41, 5.74) is 0.187. The lowest BCUT2D eigenvalue weighted by molar-refractivity contribution is -0.126. The number of carbonyl (C=O) groups is 1. The molecular weight excluding hydrogens is 522 g/mol. The number of thiol groups is 1. The molecule has 1 unspecified atom stereocenters. The molecule has 11 heteroatoms. The number of benzene rings is 2. The van der Waals surface area contributed by atoms with E-state index in [0.717, 1.165) is 11.0 Å². The lowest BCUT2D eigenvalue weighted by Crippen LogP contribution is -2.54. The minimum atomic E-state index is -1.39. The largest absolute Gasteiger partial charge is 0.379 e. The minimum Gasteiger partial charge on any atom is -0.379 e. The predicted molar refractivity (Wildman–Crippen MR) is 142 cm³/mol. The van der Waals surface area contributed by atoms with Gasteiger partial charge in [-0.15, -0.1) is 0 Å². The summed E-state index contributed by atoms with van der Waals surface area (Å²) >= 11 is 6.62. The van der Waals surface area contributed by atoms with E-state index in [1.165, 1.54) is 18.2 Å². The van der Waals surface area contributed by atoms with Gasteiger partial charge in [0.05, 0.1) is 18.2 Å². The Labute approximate surface area is 220 Å². The third kappa shape index (κ3) is 4.62. The molecule has 3 heterocycles. The number of anilines is 1. The summed E-state index contributed by atoms with van der Waals surface area (Å²) in [6.07, 6.45) is 0.907. The summed E-state index contributed by atoms with van der Waals surface area (Å²) in [5.74, 6) is -0.538. The van der Waals surface area contributed by atoms with Crippen molar-refractivity contribution in [1.29, 1.82) is 0 Å². The van der Waals surface area contributed by atoms with E-state index in [0.29, 0.717) is 52.0 Å². The molecule has 1 aromatic heterocycles. The molecule has 3 atom stereocenters. The molecule has 0 spiro atoms. The quantitative estimate of drug-likeness (QED) is 0.394. The molecule has 1 amide bonds. The van der Waals surface area contributed by atoms with Crippen LogP contribution in [0.15, 0.2) is 57.6 Å². The number of aromatic nitrogens is 2. The molecule has 2 aromatic carbocycles. The fourth-order valence-electron chi connectivity index (χ4n) is 5.18. The minimum absolute atomic E-state index is 0.126. The number of hydrogen-bond donors (Lipinski definition) is 1. The van der Waals surface area contributed by atoms with Crippen LogP contribution in [0.4, 0.5) is 14.6 Å². The maximum absolute atomic E-state index is 15.1. The Morgan fingerprint density at radius 2 is 2.00 bits per heavy atom. The molecule has 196 valence electrons. The summed E-state index contributed by atoms with van der Waals surface area (Å²) in [4.78, 5) is 34.9. The van der Waals surface area contributed by atoms with Gasteiger partial charge in [0, 0.05) is 64.8 Å². The van der Waals surface area contributed by atoms with E-state index in [1.54, 1.807) is 28.7 Å². The van der Waals surface area contributed by atoms with Crippen LogP contribution in [0.5, 0.6) is 0 Å². The molecule has 1 fully saturated rings. The highest BCUT2D eigenvalue weighted by Gasteiger charge is 2.32. The Balaban J connectivity index is 1.72. The van der Waals surface area contributed by atoms with Crippen LogP contribution in [0.3, 0.4) is 0 Å². The van der Waals surface area contributed by atoms with Gasteiger partial charge in [0.25, 0.3) is 0 Å². The molecule has 5 rings (SSSR count). The summed E-state index contributed by atoms with van der Waals surface area (Å²) < 4.78 is 36.1. The lowest BCUT2D eigenvalue weighted by Gasteiger charge is -2.40. The van der Waals surface area contributed by atoms with E-state index in [1.807, 2.05) is 11.8 Å². The second-order valence-corrected chi connectivity index (χ2v) is 11.9. The Morgan fingerprint density at radius 3 is 2.68 bits per heavy atom. The molecule has 7 nitrogen and oxygen atoms in total. The van der Waals surface area contributed by atoms with Crippen LogP contribution in [0, 0.1) is 11.6 Å². The molecule has 0 N–H and O–H groups in total. The highest BCUT2D eigenvalue weighted by atomic mass is 35.5. The number of amides is 1. The zero-order valence-corrected chi connectivity index (χ0v) is 22.1. The van der Waals surface area contributed by atoms with Crippen molar-refractivity contribution in [3.8, 4) is 0 Å². The molecule has 37 heavy (non-hydrogen) atoms. The molecule has 0 bridgehead atoms. The Kier molecular flexibility index (Phi) is 6.99. The summed E-state index contributed by atoms with van der Waals surface area (Å²) in [6, 6.07) is 6.99. The third-order valence-electron chi connectivity index (χ3n) is 6.98. The topological polar surface area (TPSA) is 67.7 Å². The van der Waals surface area contributed by atoms with Crippen molar-refractivity contribution in [3.05, 3.63) is 70.1 Å². The van der Waals surface area contributed by atoms with Crippen LogP contribution in [0.2, 0.25) is 5.02 Å². The third-order valence-corrected chi connectivity index (χ3v) is 9.84. The first-order valence-electron chi connectivity index (χ1n) is 11.9. The average molecular weight is 549 g/mol. The number of ether oxygens (including phenoxy) is 1. The molecular formula is C26H27ClF2N4O3S. The first kappa shape index (κ1) is 25.7. The zero-order valence-electron chi connectivity index (χ0n) is 20.5. The number of rotatable bonds is 4. The van der Waals surface area contributed by atoms with Crippen LogP contribution in [-0.2, 0) is 16.1 Å². The Morgan fingerprint density at radius 1 is 1.22 bits per heavy atom. The number of nitrogens with zero attached hydrogens (tertiary/aromatic N) is 4. The van der Waals surface area contributed by atoms with Gasteiger partial charge in [-0.3, -0.25) is 9.36 Å². The maximum Gasteiger partial charge on any atom is 0.350 e. The van der Waals surface area contributed by atoms with Gasteiger partial charge in [0.1, 0.15) is 17.5 Å². The standard InChI is InChI=1S/C26H27ClF2N4O3S/c1-4-23(34)31-7-8-32(15(2)12-31)25-19-9-16(27)10-22-24(19)33(26(35)30-25)13-18(36-3)14-37(22)21-6-5-17(28)11-20(21)29/h4-6,9-11,15,18,37H,1,7-8,12-14H2,2-3H3/t15-,18-/m0/s1. The van der Waals surface area contributed by atoms with E-state index in [4.69, 9.17) is 16.3 Å². The Hall–Kier alpha value is -2.95. The zero-order chi connectivity index (χ0) is 26.4. The van der Waals surface area contributed by atoms with Gasteiger partial charge in [-0.05, 0) is 37.3 Å². The molecule has 0 saturated carbocycles. The average Bonchev–Trinajstić information content (AvgIpc) is 3.03.